The second-order valence-corrected chi connectivity index (χ2v) is 9.89. The van der Waals surface area contributed by atoms with Crippen LogP contribution in [-0.4, -0.2) is 65.7 Å². The van der Waals surface area contributed by atoms with Crippen molar-refractivity contribution in [2.45, 2.75) is 50.6 Å². The number of nitrogens with zero attached hydrogens (tertiary/aromatic N) is 4. The van der Waals surface area contributed by atoms with Crippen LogP contribution in [0.4, 0.5) is 5.82 Å². The second-order valence-electron chi connectivity index (χ2n) is 9.89. The fourth-order valence-electron chi connectivity index (χ4n) is 5.27. The zero-order valence-corrected chi connectivity index (χ0v) is 19.8. The van der Waals surface area contributed by atoms with E-state index >= 15 is 0 Å². The summed E-state index contributed by atoms with van der Waals surface area (Å²) in [6.45, 7) is 5.13. The summed E-state index contributed by atoms with van der Waals surface area (Å²) in [7, 11) is 0. The molecule has 3 fully saturated rings. The van der Waals surface area contributed by atoms with Crippen molar-refractivity contribution in [3.63, 3.8) is 0 Å². The Morgan fingerprint density at radius 3 is 2.41 bits per heavy atom. The first-order chi connectivity index (χ1) is 16.4. The van der Waals surface area contributed by atoms with Gasteiger partial charge in [0.25, 0.3) is 0 Å². The molecule has 1 amide bonds. The van der Waals surface area contributed by atoms with E-state index in [9.17, 15) is 4.79 Å². The van der Waals surface area contributed by atoms with Crippen LogP contribution in [0.1, 0.15) is 37.7 Å². The predicted octanol–water partition coefficient (Wildman–Crippen LogP) is 0.617. The molecule has 1 aliphatic carbocycles. The highest BCUT2D eigenvalue weighted by Gasteiger charge is 2.53. The molecule has 3 aliphatic rings. The van der Waals surface area contributed by atoms with Gasteiger partial charge < -0.3 is 27.0 Å². The molecule has 9 heteroatoms. The van der Waals surface area contributed by atoms with Gasteiger partial charge in [-0.1, -0.05) is 12.1 Å². The van der Waals surface area contributed by atoms with E-state index < -0.39 is 0 Å². The molecule has 2 aliphatic heterocycles. The normalized spacial score (nSPS) is 23.8. The summed E-state index contributed by atoms with van der Waals surface area (Å²) in [6.07, 6.45) is 8.84. The number of amides is 1. The average Bonchev–Trinajstić information content (AvgIpc) is 3.01. The summed E-state index contributed by atoms with van der Waals surface area (Å²) in [5.41, 5.74) is 18.6. The van der Waals surface area contributed by atoms with Gasteiger partial charge in [0, 0.05) is 43.3 Å². The highest BCUT2D eigenvalue weighted by Crippen LogP contribution is 2.48. The van der Waals surface area contributed by atoms with Gasteiger partial charge in [-0.3, -0.25) is 9.36 Å². The smallest absolute Gasteiger partial charge is 0.354 e. The van der Waals surface area contributed by atoms with Gasteiger partial charge in [0.15, 0.2) is 0 Å². The van der Waals surface area contributed by atoms with E-state index in [2.05, 4.69) is 32.7 Å². The Bertz CT molecular complexity index is 1020. The van der Waals surface area contributed by atoms with Crippen LogP contribution in [0.15, 0.2) is 41.3 Å². The Hall–Kier alpha value is -2.75. The van der Waals surface area contributed by atoms with E-state index in [0.29, 0.717) is 12.1 Å². The van der Waals surface area contributed by atoms with Gasteiger partial charge in [0.1, 0.15) is 5.82 Å². The molecule has 0 radical (unpaired) electrons. The Kier molecular flexibility index (Phi) is 7.65. The third-order valence-corrected chi connectivity index (χ3v) is 7.66. The largest absolute Gasteiger partial charge is 0.372 e. The summed E-state index contributed by atoms with van der Waals surface area (Å²) in [6, 6.07) is 10.9. The molecule has 1 aromatic heterocycles. The molecular weight excluding hydrogens is 430 g/mol. The van der Waals surface area contributed by atoms with Crippen LogP contribution in [-0.2, 0) is 11.2 Å². The SMILES string of the molecule is NC1CCCN(CCc2ccc(-n3ccc(N4CC5(CCC5N)C4)nc3=O)cc2)CC1.NC=O. The zero-order valence-electron chi connectivity index (χ0n) is 19.8. The standard InChI is InChI=1S/C24H34N6O.CH3NO/c25-19-2-1-12-28(14-9-19)13-8-18-3-5-20(6-4-18)30-15-10-22(27-23(30)31)29-16-24(17-29)11-7-21(24)26;2-1-3/h3-6,10,15,19,21H,1-2,7-9,11-14,16-17,25-26H2;1H,(H2,2,3). The van der Waals surface area contributed by atoms with E-state index in [-0.39, 0.29) is 17.5 Å². The number of carbonyl (C=O) groups is 1. The molecule has 0 bridgehead atoms. The van der Waals surface area contributed by atoms with Gasteiger partial charge in [-0.05, 0) is 75.4 Å². The minimum Gasteiger partial charge on any atom is -0.372 e. The van der Waals surface area contributed by atoms with Crippen molar-refractivity contribution >= 4 is 12.2 Å². The maximum absolute atomic E-state index is 12.7. The van der Waals surface area contributed by atoms with Crippen LogP contribution in [0.2, 0.25) is 0 Å². The van der Waals surface area contributed by atoms with Gasteiger partial charge in [-0.25, -0.2) is 4.79 Å². The van der Waals surface area contributed by atoms with Crippen LogP contribution >= 0.6 is 0 Å². The highest BCUT2D eigenvalue weighted by atomic mass is 16.1. The zero-order chi connectivity index (χ0) is 24.1. The van der Waals surface area contributed by atoms with Crippen LogP contribution in [0.3, 0.4) is 0 Å². The van der Waals surface area contributed by atoms with Crippen LogP contribution < -0.4 is 27.8 Å². The Labute approximate surface area is 200 Å². The minimum atomic E-state index is -0.231. The molecule has 6 N–H and O–H groups in total. The number of hydrogen-bond acceptors (Lipinski definition) is 7. The number of aromatic nitrogens is 2. The molecule has 5 rings (SSSR count). The third-order valence-electron chi connectivity index (χ3n) is 7.66. The number of rotatable bonds is 5. The van der Waals surface area contributed by atoms with Gasteiger partial charge in [-0.15, -0.1) is 0 Å². The summed E-state index contributed by atoms with van der Waals surface area (Å²) in [4.78, 5) is 30.3. The Morgan fingerprint density at radius 1 is 1.06 bits per heavy atom. The molecule has 2 aromatic rings. The molecule has 184 valence electrons. The number of carbonyl (C=O) groups excluding carboxylic acids is 1. The Balaban J connectivity index is 0.000000868. The van der Waals surface area contributed by atoms with Crippen LogP contribution in [0.5, 0.6) is 0 Å². The molecule has 2 unspecified atom stereocenters. The molecule has 2 saturated heterocycles. The second kappa shape index (κ2) is 10.7. The lowest BCUT2D eigenvalue weighted by Gasteiger charge is -2.59. The quantitative estimate of drug-likeness (QED) is 0.548. The molecule has 1 aromatic carbocycles. The first-order valence-electron chi connectivity index (χ1n) is 12.3. The van der Waals surface area contributed by atoms with E-state index in [0.717, 1.165) is 69.9 Å². The molecule has 9 nitrogen and oxygen atoms in total. The summed E-state index contributed by atoms with van der Waals surface area (Å²) in [5, 5.41) is 0. The maximum Gasteiger partial charge on any atom is 0.354 e. The monoisotopic (exact) mass is 467 g/mol. The maximum atomic E-state index is 12.7. The summed E-state index contributed by atoms with van der Waals surface area (Å²) < 4.78 is 1.62. The van der Waals surface area contributed by atoms with E-state index in [1.165, 1.54) is 18.4 Å². The van der Waals surface area contributed by atoms with Crippen molar-refractivity contribution in [1.29, 1.82) is 0 Å². The van der Waals surface area contributed by atoms with Gasteiger partial charge in [0.05, 0.1) is 5.69 Å². The lowest BCUT2D eigenvalue weighted by Crippen LogP contribution is -2.69. The molecule has 2 atom stereocenters. The average molecular weight is 468 g/mol. The van der Waals surface area contributed by atoms with E-state index in [1.807, 2.05) is 24.4 Å². The topological polar surface area (TPSA) is 136 Å². The Morgan fingerprint density at radius 2 is 1.79 bits per heavy atom. The molecule has 3 heterocycles. The fraction of sp³-hybridized carbons (Fsp3) is 0.560. The van der Waals surface area contributed by atoms with Crippen molar-refractivity contribution in [2.75, 3.05) is 37.6 Å². The molecule has 34 heavy (non-hydrogen) atoms. The van der Waals surface area contributed by atoms with Crippen molar-refractivity contribution in [2.24, 2.45) is 22.6 Å². The van der Waals surface area contributed by atoms with Gasteiger partial charge >= 0.3 is 5.69 Å². The van der Waals surface area contributed by atoms with E-state index in [1.54, 1.807) is 4.57 Å². The molecular formula is C25H37N7O2. The number of nitrogens with two attached hydrogens (primary N) is 3. The van der Waals surface area contributed by atoms with Gasteiger partial charge in [-0.2, -0.15) is 4.98 Å². The number of hydrogen-bond donors (Lipinski definition) is 3. The fourth-order valence-corrected chi connectivity index (χ4v) is 5.27. The molecule has 1 spiro atoms. The lowest BCUT2D eigenvalue weighted by atomic mass is 9.60. The first-order valence-corrected chi connectivity index (χ1v) is 12.3. The lowest BCUT2D eigenvalue weighted by molar-refractivity contribution is -0.106. The van der Waals surface area contributed by atoms with Crippen molar-refractivity contribution in [3.8, 4) is 5.69 Å². The van der Waals surface area contributed by atoms with Crippen LogP contribution in [0.25, 0.3) is 5.69 Å². The number of anilines is 1. The van der Waals surface area contributed by atoms with Gasteiger partial charge in [0.2, 0.25) is 6.41 Å². The highest BCUT2D eigenvalue weighted by molar-refractivity contribution is 5.45. The van der Waals surface area contributed by atoms with Crippen molar-refractivity contribution in [1.82, 2.24) is 14.5 Å². The first kappa shape index (κ1) is 24.4. The van der Waals surface area contributed by atoms with E-state index in [4.69, 9.17) is 16.3 Å². The number of primary amides is 1. The molecule has 1 saturated carbocycles. The predicted molar refractivity (Wildman–Crippen MR) is 134 cm³/mol. The summed E-state index contributed by atoms with van der Waals surface area (Å²) in [5.74, 6) is 0.764. The van der Waals surface area contributed by atoms with Crippen LogP contribution in [0, 0.1) is 5.41 Å². The third kappa shape index (κ3) is 5.32. The van der Waals surface area contributed by atoms with Crippen molar-refractivity contribution < 1.29 is 4.79 Å². The number of likely N-dealkylation sites (tertiary alicyclic amines) is 1. The minimum absolute atomic E-state index is 0.231. The summed E-state index contributed by atoms with van der Waals surface area (Å²) >= 11 is 0. The van der Waals surface area contributed by atoms with Crippen molar-refractivity contribution in [3.05, 3.63) is 52.6 Å². The number of benzene rings is 1.